The lowest BCUT2D eigenvalue weighted by atomic mass is 9.94. The van der Waals surface area contributed by atoms with Gasteiger partial charge in [-0.25, -0.2) is 0 Å². The molecule has 2 saturated heterocycles. The number of hydrogen-bond acceptors (Lipinski definition) is 3. The summed E-state index contributed by atoms with van der Waals surface area (Å²) in [7, 11) is 0. The molecule has 3 fully saturated rings. The van der Waals surface area contributed by atoms with Crippen LogP contribution in [0.5, 0.6) is 0 Å². The van der Waals surface area contributed by atoms with Crippen LogP contribution in [0.3, 0.4) is 0 Å². The van der Waals surface area contributed by atoms with Gasteiger partial charge in [0, 0.05) is 31.1 Å². The summed E-state index contributed by atoms with van der Waals surface area (Å²) in [5.74, 6) is 0.297. The van der Waals surface area contributed by atoms with Crippen LogP contribution in [0.1, 0.15) is 51.4 Å². The molecular formula is C15H27N3O. The second-order valence-electron chi connectivity index (χ2n) is 6.77. The Labute approximate surface area is 116 Å². The normalized spacial score (nSPS) is 31.2. The van der Waals surface area contributed by atoms with E-state index in [1.54, 1.807) is 0 Å². The van der Waals surface area contributed by atoms with Gasteiger partial charge in [0.1, 0.15) is 0 Å². The monoisotopic (exact) mass is 265 g/mol. The van der Waals surface area contributed by atoms with Crippen LogP contribution in [-0.4, -0.2) is 53.5 Å². The maximum absolute atomic E-state index is 12.4. The first-order valence-corrected chi connectivity index (χ1v) is 7.97. The Kier molecular flexibility index (Phi) is 3.81. The zero-order valence-electron chi connectivity index (χ0n) is 11.9. The first kappa shape index (κ1) is 13.4. The molecule has 0 aromatic heterocycles. The van der Waals surface area contributed by atoms with E-state index in [-0.39, 0.29) is 5.54 Å². The molecule has 0 radical (unpaired) electrons. The minimum atomic E-state index is -0.192. The van der Waals surface area contributed by atoms with Crippen LogP contribution in [0.25, 0.3) is 0 Å². The van der Waals surface area contributed by atoms with Crippen LogP contribution in [0, 0.1) is 0 Å². The SMILES string of the molecule is NC1(CC(=O)N2CCC(N3CCCC3)C2)CCCC1. The largest absolute Gasteiger partial charge is 0.341 e. The lowest BCUT2D eigenvalue weighted by Crippen LogP contribution is -2.44. The number of rotatable bonds is 3. The predicted octanol–water partition coefficient (Wildman–Crippen LogP) is 1.34. The van der Waals surface area contributed by atoms with Gasteiger partial charge in [-0.1, -0.05) is 12.8 Å². The van der Waals surface area contributed by atoms with E-state index < -0.39 is 0 Å². The van der Waals surface area contributed by atoms with Gasteiger partial charge in [-0.15, -0.1) is 0 Å². The molecular weight excluding hydrogens is 238 g/mol. The standard InChI is InChI=1S/C15H27N3O/c16-15(6-1-2-7-15)11-14(19)18-10-5-13(12-18)17-8-3-4-9-17/h13H,1-12,16H2. The zero-order chi connectivity index (χ0) is 13.3. The number of likely N-dealkylation sites (tertiary alicyclic amines) is 2. The molecule has 1 unspecified atom stereocenters. The summed E-state index contributed by atoms with van der Waals surface area (Å²) in [6.45, 7) is 4.34. The van der Waals surface area contributed by atoms with E-state index in [9.17, 15) is 4.79 Å². The number of nitrogens with zero attached hydrogens (tertiary/aromatic N) is 2. The molecule has 2 aliphatic heterocycles. The van der Waals surface area contributed by atoms with Crippen molar-refractivity contribution in [1.82, 2.24) is 9.80 Å². The Morgan fingerprint density at radius 3 is 2.47 bits per heavy atom. The van der Waals surface area contributed by atoms with Gasteiger partial charge in [-0.2, -0.15) is 0 Å². The summed E-state index contributed by atoms with van der Waals surface area (Å²) in [6.07, 6.45) is 8.83. The quantitative estimate of drug-likeness (QED) is 0.838. The van der Waals surface area contributed by atoms with Crippen LogP contribution in [0.15, 0.2) is 0 Å². The van der Waals surface area contributed by atoms with Crippen molar-refractivity contribution in [1.29, 1.82) is 0 Å². The number of nitrogens with two attached hydrogens (primary N) is 1. The third kappa shape index (κ3) is 2.95. The topological polar surface area (TPSA) is 49.6 Å². The summed E-state index contributed by atoms with van der Waals surface area (Å²) in [4.78, 5) is 17.0. The van der Waals surface area contributed by atoms with Gasteiger partial charge in [0.15, 0.2) is 0 Å². The van der Waals surface area contributed by atoms with Gasteiger partial charge >= 0.3 is 0 Å². The Bertz CT molecular complexity index is 332. The summed E-state index contributed by atoms with van der Waals surface area (Å²) in [5, 5.41) is 0. The molecule has 2 N–H and O–H groups in total. The second-order valence-corrected chi connectivity index (χ2v) is 6.77. The molecule has 1 saturated carbocycles. The molecule has 3 aliphatic rings. The molecule has 108 valence electrons. The second kappa shape index (κ2) is 5.41. The highest BCUT2D eigenvalue weighted by atomic mass is 16.2. The average molecular weight is 265 g/mol. The Morgan fingerprint density at radius 2 is 1.79 bits per heavy atom. The van der Waals surface area contributed by atoms with Crippen LogP contribution < -0.4 is 5.73 Å². The Hall–Kier alpha value is -0.610. The van der Waals surface area contributed by atoms with E-state index >= 15 is 0 Å². The van der Waals surface area contributed by atoms with E-state index in [1.165, 1.54) is 38.8 Å². The molecule has 1 atom stereocenters. The van der Waals surface area contributed by atoms with Crippen LogP contribution in [0.4, 0.5) is 0 Å². The number of amides is 1. The maximum atomic E-state index is 12.4. The van der Waals surface area contributed by atoms with E-state index in [0.29, 0.717) is 18.4 Å². The molecule has 0 spiro atoms. The van der Waals surface area contributed by atoms with Crippen molar-refractivity contribution in [2.45, 2.75) is 62.9 Å². The smallest absolute Gasteiger partial charge is 0.224 e. The van der Waals surface area contributed by atoms with Gasteiger partial charge in [0.05, 0.1) is 0 Å². The summed E-state index contributed by atoms with van der Waals surface area (Å²) in [6, 6.07) is 0.615. The molecule has 0 aromatic carbocycles. The fourth-order valence-electron chi connectivity index (χ4n) is 4.04. The summed E-state index contributed by atoms with van der Waals surface area (Å²) < 4.78 is 0. The van der Waals surface area contributed by atoms with E-state index in [1.807, 2.05) is 0 Å². The third-order valence-electron chi connectivity index (χ3n) is 5.28. The van der Waals surface area contributed by atoms with Gasteiger partial charge in [-0.3, -0.25) is 9.69 Å². The van der Waals surface area contributed by atoms with Crippen LogP contribution >= 0.6 is 0 Å². The number of carbonyl (C=O) groups is 1. The van der Waals surface area contributed by atoms with Gasteiger partial charge in [0.25, 0.3) is 0 Å². The minimum Gasteiger partial charge on any atom is -0.341 e. The van der Waals surface area contributed by atoms with E-state index in [4.69, 9.17) is 5.73 Å². The van der Waals surface area contributed by atoms with Crippen LogP contribution in [0.2, 0.25) is 0 Å². The van der Waals surface area contributed by atoms with Gasteiger partial charge in [0.2, 0.25) is 5.91 Å². The van der Waals surface area contributed by atoms with E-state index in [0.717, 1.165) is 32.4 Å². The lowest BCUT2D eigenvalue weighted by molar-refractivity contribution is -0.131. The molecule has 1 aliphatic carbocycles. The van der Waals surface area contributed by atoms with Crippen molar-refractivity contribution < 1.29 is 4.79 Å². The predicted molar refractivity (Wildman–Crippen MR) is 75.8 cm³/mol. The number of carbonyl (C=O) groups excluding carboxylic acids is 1. The fraction of sp³-hybridized carbons (Fsp3) is 0.933. The molecule has 19 heavy (non-hydrogen) atoms. The molecule has 0 aromatic rings. The molecule has 4 nitrogen and oxygen atoms in total. The first-order valence-electron chi connectivity index (χ1n) is 7.97. The molecule has 3 rings (SSSR count). The number of hydrogen-bond donors (Lipinski definition) is 1. The highest BCUT2D eigenvalue weighted by Gasteiger charge is 2.36. The van der Waals surface area contributed by atoms with E-state index in [2.05, 4.69) is 9.80 Å². The van der Waals surface area contributed by atoms with Crippen molar-refractivity contribution in [2.75, 3.05) is 26.2 Å². The third-order valence-corrected chi connectivity index (χ3v) is 5.28. The molecule has 2 heterocycles. The maximum Gasteiger partial charge on any atom is 0.224 e. The Balaban J connectivity index is 1.51. The van der Waals surface area contributed by atoms with Crippen molar-refractivity contribution in [3.8, 4) is 0 Å². The van der Waals surface area contributed by atoms with Crippen molar-refractivity contribution in [3.63, 3.8) is 0 Å². The molecule has 0 bridgehead atoms. The van der Waals surface area contributed by atoms with Crippen molar-refractivity contribution in [2.24, 2.45) is 5.73 Å². The van der Waals surface area contributed by atoms with Gasteiger partial charge < -0.3 is 10.6 Å². The zero-order valence-corrected chi connectivity index (χ0v) is 11.9. The van der Waals surface area contributed by atoms with Crippen molar-refractivity contribution >= 4 is 5.91 Å². The first-order chi connectivity index (χ1) is 9.16. The van der Waals surface area contributed by atoms with Crippen molar-refractivity contribution in [3.05, 3.63) is 0 Å². The highest BCUT2D eigenvalue weighted by molar-refractivity contribution is 5.77. The Morgan fingerprint density at radius 1 is 1.11 bits per heavy atom. The molecule has 4 heteroatoms. The van der Waals surface area contributed by atoms with Gasteiger partial charge in [-0.05, 0) is 45.2 Å². The summed E-state index contributed by atoms with van der Waals surface area (Å²) in [5.41, 5.74) is 6.13. The lowest BCUT2D eigenvalue weighted by Gasteiger charge is -2.27. The highest BCUT2D eigenvalue weighted by Crippen LogP contribution is 2.31. The minimum absolute atomic E-state index is 0.192. The molecule has 1 amide bonds. The van der Waals surface area contributed by atoms with Crippen LogP contribution in [-0.2, 0) is 4.79 Å². The fourth-order valence-corrected chi connectivity index (χ4v) is 4.04. The summed E-state index contributed by atoms with van der Waals surface area (Å²) >= 11 is 0. The average Bonchev–Trinajstić information content (AvgIpc) is 3.09.